The second-order valence-corrected chi connectivity index (χ2v) is 7.74. The minimum absolute atomic E-state index is 0.0250. The van der Waals surface area contributed by atoms with Crippen LogP contribution < -0.4 is 10.1 Å². The molecule has 8 nitrogen and oxygen atoms in total. The molecule has 1 aliphatic rings. The third-order valence-electron chi connectivity index (χ3n) is 5.45. The highest BCUT2D eigenvalue weighted by Gasteiger charge is 2.28. The molecule has 0 unspecified atom stereocenters. The van der Waals surface area contributed by atoms with Crippen molar-refractivity contribution in [3.63, 3.8) is 0 Å². The van der Waals surface area contributed by atoms with Gasteiger partial charge in [0.05, 0.1) is 6.61 Å². The lowest BCUT2D eigenvalue weighted by molar-refractivity contribution is -0.114. The smallest absolute Gasteiger partial charge is 0.253 e. The third kappa shape index (κ3) is 4.96. The molecule has 0 radical (unpaired) electrons. The van der Waals surface area contributed by atoms with Crippen molar-refractivity contribution in [2.75, 3.05) is 25.0 Å². The van der Waals surface area contributed by atoms with Gasteiger partial charge < -0.3 is 19.5 Å². The maximum Gasteiger partial charge on any atom is 0.253 e. The van der Waals surface area contributed by atoms with Crippen LogP contribution in [-0.2, 0) is 4.79 Å². The van der Waals surface area contributed by atoms with Crippen LogP contribution in [0.5, 0.6) is 5.75 Å². The van der Waals surface area contributed by atoms with Crippen molar-refractivity contribution >= 4 is 17.5 Å². The molecule has 32 heavy (non-hydrogen) atoms. The number of ether oxygens (including phenoxy) is 1. The van der Waals surface area contributed by atoms with E-state index in [1.807, 2.05) is 36.1 Å². The predicted molar refractivity (Wildman–Crippen MR) is 120 cm³/mol. The summed E-state index contributed by atoms with van der Waals surface area (Å²) in [5.41, 5.74) is 2.20. The van der Waals surface area contributed by atoms with E-state index in [4.69, 9.17) is 9.26 Å². The molecule has 2 amide bonds. The lowest BCUT2D eigenvalue weighted by Gasteiger charge is -2.30. The number of amides is 2. The minimum Gasteiger partial charge on any atom is -0.494 e. The minimum atomic E-state index is -0.119. The lowest BCUT2D eigenvalue weighted by Crippen LogP contribution is -2.38. The van der Waals surface area contributed by atoms with Crippen LogP contribution in [0.25, 0.3) is 11.4 Å². The molecule has 1 N–H and O–H groups in total. The lowest BCUT2D eigenvalue weighted by atomic mass is 9.96. The number of carbonyl (C=O) groups is 2. The van der Waals surface area contributed by atoms with Gasteiger partial charge >= 0.3 is 0 Å². The van der Waals surface area contributed by atoms with E-state index in [-0.39, 0.29) is 17.7 Å². The van der Waals surface area contributed by atoms with Crippen molar-refractivity contribution in [3.8, 4) is 17.1 Å². The second-order valence-electron chi connectivity index (χ2n) is 7.74. The fourth-order valence-corrected chi connectivity index (χ4v) is 3.80. The van der Waals surface area contributed by atoms with Gasteiger partial charge in [-0.3, -0.25) is 9.59 Å². The van der Waals surface area contributed by atoms with Crippen LogP contribution in [0, 0.1) is 0 Å². The molecule has 2 heterocycles. The van der Waals surface area contributed by atoms with E-state index in [2.05, 4.69) is 15.5 Å². The summed E-state index contributed by atoms with van der Waals surface area (Å²) in [4.78, 5) is 30.4. The van der Waals surface area contributed by atoms with Crippen molar-refractivity contribution in [1.29, 1.82) is 0 Å². The highest BCUT2D eigenvalue weighted by molar-refractivity contribution is 5.94. The SMILES string of the molecule is CCOc1ccc(C(=O)N2CCC(c3nc(-c4ccc(NC(C)=O)cc4)no3)CC2)cc1. The Morgan fingerprint density at radius 3 is 2.41 bits per heavy atom. The van der Waals surface area contributed by atoms with Crippen LogP contribution >= 0.6 is 0 Å². The number of aromatic nitrogens is 2. The van der Waals surface area contributed by atoms with Crippen LogP contribution in [0.3, 0.4) is 0 Å². The summed E-state index contributed by atoms with van der Waals surface area (Å²) >= 11 is 0. The maximum atomic E-state index is 12.8. The van der Waals surface area contributed by atoms with Crippen LogP contribution in [0.4, 0.5) is 5.69 Å². The molecule has 1 fully saturated rings. The average molecular weight is 434 g/mol. The number of carbonyl (C=O) groups excluding carboxylic acids is 2. The first kappa shape index (κ1) is 21.5. The first-order chi connectivity index (χ1) is 15.5. The summed E-state index contributed by atoms with van der Waals surface area (Å²) < 4.78 is 11.0. The summed E-state index contributed by atoms with van der Waals surface area (Å²) in [6.07, 6.45) is 1.54. The fraction of sp³-hybridized carbons (Fsp3) is 0.333. The van der Waals surface area contributed by atoms with Gasteiger partial charge in [0.15, 0.2) is 0 Å². The average Bonchev–Trinajstić information content (AvgIpc) is 3.30. The van der Waals surface area contributed by atoms with Crippen molar-refractivity contribution in [2.24, 2.45) is 0 Å². The van der Waals surface area contributed by atoms with E-state index in [0.717, 1.165) is 29.8 Å². The zero-order valence-corrected chi connectivity index (χ0v) is 18.2. The van der Waals surface area contributed by atoms with Crippen LogP contribution in [0.2, 0.25) is 0 Å². The topological polar surface area (TPSA) is 97.6 Å². The Hall–Kier alpha value is -3.68. The standard InChI is InChI=1S/C24H26N4O4/c1-3-31-21-10-6-19(7-11-21)24(30)28-14-12-18(13-15-28)23-26-22(27-32-23)17-4-8-20(9-5-17)25-16(2)29/h4-11,18H,3,12-15H2,1-2H3,(H,25,29). The number of rotatable bonds is 6. The summed E-state index contributed by atoms with van der Waals surface area (Å²) in [6.45, 7) is 5.27. The van der Waals surface area contributed by atoms with E-state index in [0.29, 0.717) is 37.0 Å². The molecule has 3 aromatic rings. The normalized spacial score (nSPS) is 14.2. The number of anilines is 1. The zero-order valence-electron chi connectivity index (χ0n) is 18.2. The van der Waals surface area contributed by atoms with Crippen LogP contribution in [0.1, 0.15) is 48.9 Å². The highest BCUT2D eigenvalue weighted by atomic mass is 16.5. The molecular weight excluding hydrogens is 408 g/mol. The van der Waals surface area contributed by atoms with Crippen LogP contribution in [0.15, 0.2) is 53.1 Å². The van der Waals surface area contributed by atoms with Gasteiger partial charge in [-0.1, -0.05) is 5.16 Å². The summed E-state index contributed by atoms with van der Waals surface area (Å²) in [7, 11) is 0. The Kier molecular flexibility index (Phi) is 6.49. The van der Waals surface area contributed by atoms with Gasteiger partial charge in [-0.05, 0) is 68.3 Å². The first-order valence-corrected chi connectivity index (χ1v) is 10.8. The molecule has 1 aromatic heterocycles. The predicted octanol–water partition coefficient (Wildman–Crippen LogP) is 4.11. The van der Waals surface area contributed by atoms with Crippen molar-refractivity contribution in [1.82, 2.24) is 15.0 Å². The molecule has 2 aromatic carbocycles. The van der Waals surface area contributed by atoms with Gasteiger partial charge in [0.1, 0.15) is 5.75 Å². The Morgan fingerprint density at radius 2 is 1.78 bits per heavy atom. The van der Waals surface area contributed by atoms with Gasteiger partial charge in [0, 0.05) is 42.7 Å². The van der Waals surface area contributed by atoms with Crippen LogP contribution in [-0.4, -0.2) is 46.6 Å². The number of nitrogens with one attached hydrogen (secondary N) is 1. The Labute approximate surface area is 186 Å². The van der Waals surface area contributed by atoms with Gasteiger partial charge in [-0.25, -0.2) is 0 Å². The molecule has 0 atom stereocenters. The Bertz CT molecular complexity index is 1070. The molecule has 4 rings (SSSR count). The number of likely N-dealkylation sites (tertiary alicyclic amines) is 1. The molecule has 0 aliphatic carbocycles. The number of benzene rings is 2. The molecule has 0 saturated carbocycles. The monoisotopic (exact) mass is 434 g/mol. The number of nitrogens with zero attached hydrogens (tertiary/aromatic N) is 3. The van der Waals surface area contributed by atoms with Crippen molar-refractivity contribution in [3.05, 3.63) is 60.0 Å². The summed E-state index contributed by atoms with van der Waals surface area (Å²) in [5.74, 6) is 1.91. The van der Waals surface area contributed by atoms with Crippen molar-refractivity contribution < 1.29 is 18.8 Å². The highest BCUT2D eigenvalue weighted by Crippen LogP contribution is 2.29. The molecule has 166 valence electrons. The number of hydrogen-bond donors (Lipinski definition) is 1. The molecule has 0 bridgehead atoms. The molecule has 8 heteroatoms. The molecule has 1 saturated heterocycles. The summed E-state index contributed by atoms with van der Waals surface area (Å²) in [5, 5.41) is 6.84. The second kappa shape index (κ2) is 9.64. The summed E-state index contributed by atoms with van der Waals surface area (Å²) in [6, 6.07) is 14.6. The van der Waals surface area contributed by atoms with E-state index < -0.39 is 0 Å². The fourth-order valence-electron chi connectivity index (χ4n) is 3.80. The molecule has 1 aliphatic heterocycles. The van der Waals surface area contributed by atoms with E-state index >= 15 is 0 Å². The maximum absolute atomic E-state index is 12.8. The van der Waals surface area contributed by atoms with Gasteiger partial charge in [0.2, 0.25) is 17.6 Å². The van der Waals surface area contributed by atoms with Crippen molar-refractivity contribution in [2.45, 2.75) is 32.6 Å². The Balaban J connectivity index is 1.35. The van der Waals surface area contributed by atoms with E-state index in [9.17, 15) is 9.59 Å². The number of piperidine rings is 1. The quantitative estimate of drug-likeness (QED) is 0.627. The first-order valence-electron chi connectivity index (χ1n) is 10.8. The zero-order chi connectivity index (χ0) is 22.5. The third-order valence-corrected chi connectivity index (χ3v) is 5.45. The van der Waals surface area contributed by atoms with E-state index in [1.54, 1.807) is 24.3 Å². The van der Waals surface area contributed by atoms with Gasteiger partial charge in [0.25, 0.3) is 5.91 Å². The van der Waals surface area contributed by atoms with E-state index in [1.165, 1.54) is 6.92 Å². The van der Waals surface area contributed by atoms with Gasteiger partial charge in [-0.15, -0.1) is 0 Å². The van der Waals surface area contributed by atoms with Gasteiger partial charge in [-0.2, -0.15) is 4.98 Å². The number of hydrogen-bond acceptors (Lipinski definition) is 6. The molecule has 0 spiro atoms. The molecular formula is C24H26N4O4. The Morgan fingerprint density at radius 1 is 1.09 bits per heavy atom. The largest absolute Gasteiger partial charge is 0.494 e.